The third kappa shape index (κ3) is 6.08. The predicted octanol–water partition coefficient (Wildman–Crippen LogP) is 3.70. The average molecular weight is 384 g/mol. The van der Waals surface area contributed by atoms with Gasteiger partial charge in [0, 0.05) is 43.8 Å². The van der Waals surface area contributed by atoms with Crippen LogP contribution in [-0.4, -0.2) is 51.3 Å². The van der Waals surface area contributed by atoms with Gasteiger partial charge in [0.25, 0.3) is 0 Å². The van der Waals surface area contributed by atoms with Crippen LogP contribution in [0.4, 0.5) is 0 Å². The van der Waals surface area contributed by atoms with Gasteiger partial charge in [-0.2, -0.15) is 11.8 Å². The smallest absolute Gasteiger partial charge is 0.191 e. The van der Waals surface area contributed by atoms with E-state index in [1.54, 1.807) is 0 Å². The third-order valence-electron chi connectivity index (χ3n) is 4.78. The van der Waals surface area contributed by atoms with Gasteiger partial charge in [-0.25, -0.2) is 0 Å². The quantitative estimate of drug-likeness (QED) is 0.408. The Hall–Kier alpha value is -0.910. The van der Waals surface area contributed by atoms with Crippen molar-refractivity contribution in [2.24, 2.45) is 4.99 Å². The minimum absolute atomic E-state index is 0.00688. The Morgan fingerprint density at radius 2 is 2.00 bits per heavy atom. The van der Waals surface area contributed by atoms with Crippen molar-refractivity contribution in [3.8, 4) is 0 Å². The number of hydrogen-bond acceptors (Lipinski definition) is 3. The molecule has 1 fully saturated rings. The van der Waals surface area contributed by atoms with Crippen LogP contribution in [0.5, 0.6) is 0 Å². The Kier molecular flexibility index (Phi) is 8.93. The number of nitrogens with zero attached hydrogens (tertiary/aromatic N) is 1. The van der Waals surface area contributed by atoms with E-state index in [-0.39, 0.29) is 5.41 Å². The van der Waals surface area contributed by atoms with Crippen molar-refractivity contribution in [2.45, 2.75) is 31.1 Å². The van der Waals surface area contributed by atoms with Gasteiger partial charge in [-0.05, 0) is 49.3 Å². The third-order valence-corrected chi connectivity index (χ3v) is 5.81. The summed E-state index contributed by atoms with van der Waals surface area (Å²) in [5, 5.41) is 7.77. The molecule has 0 amide bonds. The van der Waals surface area contributed by atoms with Gasteiger partial charge in [-0.3, -0.25) is 4.99 Å². The fourth-order valence-electron chi connectivity index (χ4n) is 3.25. The zero-order valence-electron chi connectivity index (χ0n) is 15.3. The van der Waals surface area contributed by atoms with Crippen LogP contribution in [0.15, 0.2) is 29.3 Å². The highest BCUT2D eigenvalue weighted by Crippen LogP contribution is 2.38. The van der Waals surface area contributed by atoms with E-state index in [0.29, 0.717) is 0 Å². The maximum absolute atomic E-state index is 6.51. The number of nitrogens with one attached hydrogen (secondary N) is 2. The zero-order chi connectivity index (χ0) is 18.0. The molecule has 0 aliphatic carbocycles. The molecule has 2 rings (SSSR count). The lowest BCUT2D eigenvalue weighted by Gasteiger charge is -2.38. The molecular weight excluding hydrogens is 354 g/mol. The Labute approximate surface area is 161 Å². The molecule has 1 aliphatic rings. The summed E-state index contributed by atoms with van der Waals surface area (Å²) in [6, 6.07) is 8.18. The number of unbranched alkanes of at least 4 members (excludes halogenated alkanes) is 1. The van der Waals surface area contributed by atoms with E-state index >= 15 is 0 Å². The van der Waals surface area contributed by atoms with E-state index in [4.69, 9.17) is 16.3 Å². The maximum Gasteiger partial charge on any atom is 0.191 e. The second-order valence-electron chi connectivity index (χ2n) is 6.42. The molecule has 0 radical (unpaired) electrons. The van der Waals surface area contributed by atoms with Crippen molar-refractivity contribution < 1.29 is 4.74 Å². The molecule has 0 aromatic heterocycles. The van der Waals surface area contributed by atoms with E-state index in [0.717, 1.165) is 56.5 Å². The van der Waals surface area contributed by atoms with Crippen LogP contribution in [0.3, 0.4) is 0 Å². The number of hydrogen-bond donors (Lipinski definition) is 2. The summed E-state index contributed by atoms with van der Waals surface area (Å²) in [6.07, 6.45) is 6.47. The molecule has 0 saturated carbocycles. The Morgan fingerprint density at radius 1 is 1.24 bits per heavy atom. The molecule has 0 atom stereocenters. The van der Waals surface area contributed by atoms with Gasteiger partial charge >= 0.3 is 0 Å². The lowest BCUT2D eigenvalue weighted by molar-refractivity contribution is 0.0514. The lowest BCUT2D eigenvalue weighted by Crippen LogP contribution is -2.48. The molecule has 4 nitrogen and oxygen atoms in total. The molecule has 1 aromatic rings. The average Bonchev–Trinajstić information content (AvgIpc) is 2.65. The molecule has 1 saturated heterocycles. The first kappa shape index (κ1) is 20.4. The number of aliphatic imine (C=N–C) groups is 1. The fourth-order valence-corrected chi connectivity index (χ4v) is 4.08. The summed E-state index contributed by atoms with van der Waals surface area (Å²) in [6.45, 7) is 3.30. The minimum Gasteiger partial charge on any atom is -0.381 e. The van der Waals surface area contributed by atoms with Crippen LogP contribution < -0.4 is 10.6 Å². The molecule has 1 heterocycles. The Morgan fingerprint density at radius 3 is 2.68 bits per heavy atom. The SMILES string of the molecule is CN=C(NCCCCSC)NCC1(c2ccccc2Cl)CCOCC1. The highest BCUT2D eigenvalue weighted by molar-refractivity contribution is 7.98. The molecule has 140 valence electrons. The second kappa shape index (κ2) is 10.9. The van der Waals surface area contributed by atoms with E-state index in [2.05, 4.69) is 34.0 Å². The van der Waals surface area contributed by atoms with Crippen LogP contribution >= 0.6 is 23.4 Å². The second-order valence-corrected chi connectivity index (χ2v) is 7.82. The minimum atomic E-state index is -0.00688. The maximum atomic E-state index is 6.51. The highest BCUT2D eigenvalue weighted by Gasteiger charge is 2.36. The number of ether oxygens (including phenoxy) is 1. The van der Waals surface area contributed by atoms with Crippen molar-refractivity contribution in [3.63, 3.8) is 0 Å². The van der Waals surface area contributed by atoms with Gasteiger partial charge in [-0.15, -0.1) is 0 Å². The van der Waals surface area contributed by atoms with Crippen molar-refractivity contribution in [1.29, 1.82) is 0 Å². The molecule has 2 N–H and O–H groups in total. The number of halogens is 1. The van der Waals surface area contributed by atoms with Crippen molar-refractivity contribution >= 4 is 29.3 Å². The summed E-state index contributed by atoms with van der Waals surface area (Å²) in [5.41, 5.74) is 1.20. The van der Waals surface area contributed by atoms with Gasteiger partial charge in [0.2, 0.25) is 0 Å². The largest absolute Gasteiger partial charge is 0.381 e. The first-order valence-electron chi connectivity index (χ1n) is 8.98. The summed E-state index contributed by atoms with van der Waals surface area (Å²) in [7, 11) is 1.82. The highest BCUT2D eigenvalue weighted by atomic mass is 35.5. The van der Waals surface area contributed by atoms with Crippen LogP contribution in [0.25, 0.3) is 0 Å². The molecule has 0 spiro atoms. The van der Waals surface area contributed by atoms with E-state index < -0.39 is 0 Å². The standard InChI is InChI=1S/C19H30ClN3OS/c1-21-18(22-11-5-6-14-25-2)23-15-19(9-12-24-13-10-19)16-7-3-4-8-17(16)20/h3-4,7-8H,5-6,9-15H2,1-2H3,(H2,21,22,23). The Bertz CT molecular complexity index is 547. The van der Waals surface area contributed by atoms with Gasteiger partial charge in [0.1, 0.15) is 0 Å². The van der Waals surface area contributed by atoms with Crippen molar-refractivity contribution in [2.75, 3.05) is 45.4 Å². The molecule has 1 aliphatic heterocycles. The van der Waals surface area contributed by atoms with Crippen molar-refractivity contribution in [3.05, 3.63) is 34.9 Å². The van der Waals surface area contributed by atoms with Crippen LogP contribution in [0.2, 0.25) is 5.02 Å². The number of benzene rings is 1. The molecule has 0 bridgehead atoms. The summed E-state index contributed by atoms with van der Waals surface area (Å²) >= 11 is 8.41. The van der Waals surface area contributed by atoms with Crippen LogP contribution in [0.1, 0.15) is 31.2 Å². The molecule has 0 unspecified atom stereocenters. The topological polar surface area (TPSA) is 45.7 Å². The van der Waals surface area contributed by atoms with Crippen LogP contribution in [0, 0.1) is 0 Å². The van der Waals surface area contributed by atoms with Gasteiger partial charge in [-0.1, -0.05) is 29.8 Å². The summed E-state index contributed by atoms with van der Waals surface area (Å²) in [5.74, 6) is 2.07. The first-order valence-corrected chi connectivity index (χ1v) is 10.8. The van der Waals surface area contributed by atoms with Crippen molar-refractivity contribution in [1.82, 2.24) is 10.6 Å². The molecule has 25 heavy (non-hydrogen) atoms. The number of rotatable bonds is 8. The van der Waals surface area contributed by atoms with E-state index in [1.165, 1.54) is 17.7 Å². The first-order chi connectivity index (χ1) is 12.2. The summed E-state index contributed by atoms with van der Waals surface area (Å²) in [4.78, 5) is 4.36. The molecule has 1 aromatic carbocycles. The predicted molar refractivity (Wildman–Crippen MR) is 110 cm³/mol. The fraction of sp³-hybridized carbons (Fsp3) is 0.632. The summed E-state index contributed by atoms with van der Waals surface area (Å²) < 4.78 is 5.60. The lowest BCUT2D eigenvalue weighted by atomic mass is 9.74. The van der Waals surface area contributed by atoms with Gasteiger partial charge < -0.3 is 15.4 Å². The normalized spacial score (nSPS) is 17.3. The van der Waals surface area contributed by atoms with Gasteiger partial charge in [0.15, 0.2) is 5.96 Å². The monoisotopic (exact) mass is 383 g/mol. The Balaban J connectivity index is 1.97. The molecule has 6 heteroatoms. The van der Waals surface area contributed by atoms with E-state index in [1.807, 2.05) is 30.9 Å². The zero-order valence-corrected chi connectivity index (χ0v) is 16.9. The van der Waals surface area contributed by atoms with Gasteiger partial charge in [0.05, 0.1) is 0 Å². The van der Waals surface area contributed by atoms with E-state index in [9.17, 15) is 0 Å². The number of guanidine groups is 1. The van der Waals surface area contributed by atoms with Crippen LogP contribution in [-0.2, 0) is 10.2 Å². The molecular formula is C19H30ClN3OS. The number of thioether (sulfide) groups is 1.